The molecular weight excluding hydrogens is 411 g/mol. The van der Waals surface area contributed by atoms with Crippen molar-refractivity contribution < 1.29 is 4.74 Å². The van der Waals surface area contributed by atoms with Gasteiger partial charge in [0.15, 0.2) is 5.96 Å². The molecular formula is C15H29IN4OS. The second kappa shape index (κ2) is 13.1. The molecule has 7 heteroatoms. The van der Waals surface area contributed by atoms with Crippen LogP contribution in [0, 0.1) is 0 Å². The van der Waals surface area contributed by atoms with Crippen LogP contribution in [0.2, 0.25) is 0 Å². The van der Waals surface area contributed by atoms with Crippen molar-refractivity contribution in [1.29, 1.82) is 0 Å². The number of ether oxygens (including phenoxy) is 1. The number of hydrogen-bond donors (Lipinski definition) is 2. The van der Waals surface area contributed by atoms with E-state index in [0.717, 1.165) is 49.2 Å². The Balaban J connectivity index is 0.00000441. The molecule has 5 nitrogen and oxygen atoms in total. The van der Waals surface area contributed by atoms with Crippen LogP contribution in [0.4, 0.5) is 0 Å². The molecule has 0 saturated heterocycles. The highest BCUT2D eigenvalue weighted by atomic mass is 127. The van der Waals surface area contributed by atoms with Crippen molar-refractivity contribution in [3.8, 4) is 0 Å². The number of aliphatic imine (C=N–C) groups is 1. The maximum Gasteiger partial charge on any atom is 0.191 e. The van der Waals surface area contributed by atoms with Gasteiger partial charge in [-0.3, -0.25) is 4.99 Å². The molecule has 0 aliphatic heterocycles. The lowest BCUT2D eigenvalue weighted by molar-refractivity contribution is 0.192. The molecule has 1 aromatic heterocycles. The van der Waals surface area contributed by atoms with Gasteiger partial charge in [0.05, 0.1) is 12.2 Å². The highest BCUT2D eigenvalue weighted by Gasteiger charge is 2.06. The number of thiazole rings is 1. The number of methoxy groups -OCH3 is 1. The van der Waals surface area contributed by atoms with Crippen molar-refractivity contribution in [3.63, 3.8) is 0 Å². The number of hydrogen-bond acceptors (Lipinski definition) is 4. The van der Waals surface area contributed by atoms with Gasteiger partial charge >= 0.3 is 0 Å². The molecule has 0 aromatic carbocycles. The van der Waals surface area contributed by atoms with Crippen LogP contribution in [0.1, 0.15) is 49.7 Å². The lowest BCUT2D eigenvalue weighted by Gasteiger charge is -2.10. The van der Waals surface area contributed by atoms with Gasteiger partial charge < -0.3 is 15.4 Å². The maximum absolute atomic E-state index is 5.03. The summed E-state index contributed by atoms with van der Waals surface area (Å²) in [6.07, 6.45) is 3.40. The molecule has 0 saturated carbocycles. The average Bonchev–Trinajstić information content (AvgIpc) is 2.95. The second-order valence-electron chi connectivity index (χ2n) is 5.23. The van der Waals surface area contributed by atoms with Gasteiger partial charge in [0.25, 0.3) is 0 Å². The van der Waals surface area contributed by atoms with Crippen LogP contribution in [0.15, 0.2) is 10.4 Å². The Labute approximate surface area is 155 Å². The monoisotopic (exact) mass is 440 g/mol. The first-order valence-corrected chi connectivity index (χ1v) is 8.43. The van der Waals surface area contributed by atoms with E-state index < -0.39 is 0 Å². The van der Waals surface area contributed by atoms with Crippen LogP contribution in [-0.2, 0) is 11.3 Å². The van der Waals surface area contributed by atoms with E-state index in [4.69, 9.17) is 4.74 Å². The van der Waals surface area contributed by atoms with Gasteiger partial charge in [-0.2, -0.15) is 0 Å². The van der Waals surface area contributed by atoms with Gasteiger partial charge in [0.2, 0.25) is 0 Å². The molecule has 0 bridgehead atoms. The Hall–Kier alpha value is -0.410. The third-order valence-corrected chi connectivity index (χ3v) is 3.98. The second-order valence-corrected chi connectivity index (χ2v) is 6.17. The number of nitrogens with one attached hydrogen (secondary N) is 2. The topological polar surface area (TPSA) is 58.5 Å². The minimum Gasteiger partial charge on any atom is -0.385 e. The van der Waals surface area contributed by atoms with Crippen molar-refractivity contribution in [2.45, 2.75) is 45.6 Å². The molecule has 0 aliphatic rings. The molecule has 22 heavy (non-hydrogen) atoms. The largest absolute Gasteiger partial charge is 0.385 e. The molecule has 1 aromatic rings. The molecule has 0 spiro atoms. The fourth-order valence-corrected chi connectivity index (χ4v) is 2.70. The molecule has 0 radical (unpaired) electrons. The van der Waals surface area contributed by atoms with Gasteiger partial charge in [-0.15, -0.1) is 35.3 Å². The fourth-order valence-electron chi connectivity index (χ4n) is 1.81. The maximum atomic E-state index is 5.03. The normalized spacial score (nSPS) is 11.4. The van der Waals surface area contributed by atoms with Crippen LogP contribution in [0.3, 0.4) is 0 Å². The third-order valence-electron chi connectivity index (χ3n) is 3.11. The fraction of sp³-hybridized carbons (Fsp3) is 0.733. The predicted octanol–water partition coefficient (Wildman–Crippen LogP) is 3.37. The summed E-state index contributed by atoms with van der Waals surface area (Å²) < 4.78 is 5.03. The van der Waals surface area contributed by atoms with Gasteiger partial charge in [0.1, 0.15) is 5.01 Å². The van der Waals surface area contributed by atoms with Crippen molar-refractivity contribution in [2.75, 3.05) is 27.3 Å². The molecule has 128 valence electrons. The number of guanidine groups is 1. The van der Waals surface area contributed by atoms with Crippen molar-refractivity contribution >= 4 is 41.3 Å². The first kappa shape index (κ1) is 21.6. The summed E-state index contributed by atoms with van der Waals surface area (Å²) in [5.41, 5.74) is 1.16. The van der Waals surface area contributed by atoms with Gasteiger partial charge in [-0.05, 0) is 25.2 Å². The summed E-state index contributed by atoms with van der Waals surface area (Å²) in [6.45, 7) is 6.82. The summed E-state index contributed by atoms with van der Waals surface area (Å²) >= 11 is 1.70. The zero-order valence-electron chi connectivity index (χ0n) is 14.0. The molecule has 0 aliphatic carbocycles. The van der Waals surface area contributed by atoms with Crippen LogP contribution in [0.25, 0.3) is 0 Å². The van der Waals surface area contributed by atoms with Crippen molar-refractivity contribution in [2.24, 2.45) is 4.99 Å². The van der Waals surface area contributed by atoms with Crippen LogP contribution >= 0.6 is 35.3 Å². The summed E-state index contributed by atoms with van der Waals surface area (Å²) in [6, 6.07) is 0. The first-order valence-electron chi connectivity index (χ1n) is 7.55. The van der Waals surface area contributed by atoms with E-state index in [9.17, 15) is 0 Å². The average molecular weight is 440 g/mol. The smallest absolute Gasteiger partial charge is 0.191 e. The Kier molecular flexibility index (Phi) is 12.8. The van der Waals surface area contributed by atoms with Crippen LogP contribution in [-0.4, -0.2) is 38.3 Å². The first-order chi connectivity index (χ1) is 10.2. The lowest BCUT2D eigenvalue weighted by Crippen LogP contribution is -2.37. The summed E-state index contributed by atoms with van der Waals surface area (Å²) in [4.78, 5) is 8.83. The number of unbranched alkanes of at least 4 members (excludes halogenated alkanes) is 2. The Morgan fingerprint density at radius 3 is 2.68 bits per heavy atom. The standard InChI is InChI=1S/C15H28N4OS.HI/c1-12(2)13-11-21-14(19-13)10-18-15(16-3)17-8-6-5-7-9-20-4;/h11-12H,5-10H2,1-4H3,(H2,16,17,18);1H. The van der Waals surface area contributed by atoms with E-state index in [2.05, 4.69) is 39.8 Å². The van der Waals surface area contributed by atoms with E-state index in [1.54, 1.807) is 25.5 Å². The highest BCUT2D eigenvalue weighted by Crippen LogP contribution is 2.17. The Morgan fingerprint density at radius 2 is 2.09 bits per heavy atom. The molecule has 2 N–H and O–H groups in total. The minimum absolute atomic E-state index is 0. The lowest BCUT2D eigenvalue weighted by atomic mass is 10.2. The molecule has 1 rings (SSSR count). The van der Waals surface area contributed by atoms with Gasteiger partial charge in [0, 0.05) is 32.7 Å². The molecule has 1 heterocycles. The van der Waals surface area contributed by atoms with Crippen molar-refractivity contribution in [3.05, 3.63) is 16.1 Å². The van der Waals surface area contributed by atoms with E-state index in [0.29, 0.717) is 5.92 Å². The van der Waals surface area contributed by atoms with Crippen molar-refractivity contribution in [1.82, 2.24) is 15.6 Å². The van der Waals surface area contributed by atoms with Gasteiger partial charge in [-0.25, -0.2) is 4.98 Å². The van der Waals surface area contributed by atoms with Crippen LogP contribution < -0.4 is 10.6 Å². The SMILES string of the molecule is CN=C(NCCCCCOC)NCc1nc(C(C)C)cs1.I. The zero-order valence-corrected chi connectivity index (χ0v) is 17.2. The quantitative estimate of drug-likeness (QED) is 0.268. The van der Waals surface area contributed by atoms with E-state index in [-0.39, 0.29) is 24.0 Å². The predicted molar refractivity (Wildman–Crippen MR) is 106 cm³/mol. The van der Waals surface area contributed by atoms with E-state index >= 15 is 0 Å². The Morgan fingerprint density at radius 1 is 1.32 bits per heavy atom. The number of rotatable bonds is 9. The van der Waals surface area contributed by atoms with E-state index in [1.807, 2.05) is 0 Å². The highest BCUT2D eigenvalue weighted by molar-refractivity contribution is 14.0. The molecule has 0 atom stereocenters. The van der Waals surface area contributed by atoms with E-state index in [1.165, 1.54) is 6.42 Å². The Bertz CT molecular complexity index is 423. The molecule has 0 amide bonds. The van der Waals surface area contributed by atoms with Gasteiger partial charge in [-0.1, -0.05) is 13.8 Å². The number of halogens is 1. The zero-order chi connectivity index (χ0) is 15.5. The summed E-state index contributed by atoms with van der Waals surface area (Å²) in [5.74, 6) is 1.32. The molecule has 0 unspecified atom stereocenters. The molecule has 0 fully saturated rings. The summed E-state index contributed by atoms with van der Waals surface area (Å²) in [7, 11) is 3.54. The number of aromatic nitrogens is 1. The summed E-state index contributed by atoms with van der Waals surface area (Å²) in [5, 5.41) is 9.85. The third kappa shape index (κ3) is 8.89. The minimum atomic E-state index is 0. The number of nitrogens with zero attached hydrogens (tertiary/aromatic N) is 2. The van der Waals surface area contributed by atoms with Crippen LogP contribution in [0.5, 0.6) is 0 Å².